The van der Waals surface area contributed by atoms with Gasteiger partial charge in [-0.15, -0.1) is 0 Å². The second kappa shape index (κ2) is 8.41. The van der Waals surface area contributed by atoms with Crippen LogP contribution >= 0.6 is 23.5 Å². The molecule has 0 unspecified atom stereocenters. The SMILES string of the molecule is COC(=O)C1=C(C(=O)OC)SC(=CC#Cc2ccc([N+](=O)[O-])cc2)S1. The first-order chi connectivity index (χ1) is 12.0. The fourth-order valence-electron chi connectivity index (χ4n) is 1.67. The van der Waals surface area contributed by atoms with E-state index in [1.165, 1.54) is 38.5 Å². The van der Waals surface area contributed by atoms with Gasteiger partial charge < -0.3 is 9.47 Å². The molecular formula is C16H11NO6S2. The van der Waals surface area contributed by atoms with Gasteiger partial charge in [-0.1, -0.05) is 35.4 Å². The van der Waals surface area contributed by atoms with Crippen LogP contribution in [0.15, 0.2) is 44.4 Å². The second-order valence-electron chi connectivity index (χ2n) is 4.38. The molecule has 0 radical (unpaired) electrons. The first-order valence-electron chi connectivity index (χ1n) is 6.69. The van der Waals surface area contributed by atoms with Crippen molar-refractivity contribution in [1.82, 2.24) is 0 Å². The fraction of sp³-hybridized carbons (Fsp3) is 0.125. The number of nitrogens with zero attached hydrogens (tertiary/aromatic N) is 1. The van der Waals surface area contributed by atoms with Crippen molar-refractivity contribution in [2.45, 2.75) is 0 Å². The molecule has 1 heterocycles. The molecule has 0 amide bonds. The van der Waals surface area contributed by atoms with Crippen LogP contribution in [0.4, 0.5) is 5.69 Å². The van der Waals surface area contributed by atoms with E-state index in [-0.39, 0.29) is 15.5 Å². The highest BCUT2D eigenvalue weighted by Crippen LogP contribution is 2.49. The molecule has 7 nitrogen and oxygen atoms in total. The zero-order valence-corrected chi connectivity index (χ0v) is 14.7. The molecule has 0 spiro atoms. The Hall–Kier alpha value is -2.70. The molecule has 0 atom stereocenters. The number of nitro benzene ring substituents is 1. The quantitative estimate of drug-likeness (QED) is 0.343. The molecule has 1 aromatic rings. The lowest BCUT2D eigenvalue weighted by atomic mass is 10.2. The Bertz CT molecular complexity index is 816. The van der Waals surface area contributed by atoms with Crippen LogP contribution in [0.1, 0.15) is 5.56 Å². The maximum Gasteiger partial charge on any atom is 0.346 e. The van der Waals surface area contributed by atoms with Gasteiger partial charge in [0.1, 0.15) is 9.81 Å². The van der Waals surface area contributed by atoms with Gasteiger partial charge in [-0.25, -0.2) is 9.59 Å². The predicted molar refractivity (Wildman–Crippen MR) is 94.3 cm³/mol. The summed E-state index contributed by atoms with van der Waals surface area (Å²) < 4.78 is 9.93. The lowest BCUT2D eigenvalue weighted by Gasteiger charge is -2.00. The number of carbonyl (C=O) groups is 2. The number of rotatable bonds is 3. The van der Waals surface area contributed by atoms with E-state index in [4.69, 9.17) is 0 Å². The van der Waals surface area contributed by atoms with E-state index >= 15 is 0 Å². The smallest absolute Gasteiger partial charge is 0.346 e. The van der Waals surface area contributed by atoms with Gasteiger partial charge in [0.15, 0.2) is 0 Å². The molecule has 0 aliphatic carbocycles. The maximum absolute atomic E-state index is 11.7. The first-order valence-corrected chi connectivity index (χ1v) is 8.32. The van der Waals surface area contributed by atoms with Crippen molar-refractivity contribution in [2.24, 2.45) is 0 Å². The van der Waals surface area contributed by atoms with Crippen LogP contribution in [0.25, 0.3) is 0 Å². The minimum atomic E-state index is -0.621. The van der Waals surface area contributed by atoms with E-state index in [0.717, 1.165) is 23.5 Å². The van der Waals surface area contributed by atoms with Crippen molar-refractivity contribution in [3.05, 3.63) is 60.1 Å². The average Bonchev–Trinajstić information content (AvgIpc) is 3.05. The number of non-ortho nitro benzene ring substituents is 1. The summed E-state index contributed by atoms with van der Waals surface area (Å²) in [7, 11) is 2.46. The predicted octanol–water partition coefficient (Wildman–Crippen LogP) is 2.83. The molecule has 0 fully saturated rings. The zero-order chi connectivity index (χ0) is 18.4. The normalized spacial score (nSPS) is 13.0. The van der Waals surface area contributed by atoms with E-state index in [1.54, 1.807) is 6.08 Å². The Morgan fingerprint density at radius 3 is 2.04 bits per heavy atom. The van der Waals surface area contributed by atoms with E-state index < -0.39 is 16.9 Å². The minimum absolute atomic E-state index is 0.0135. The standard InChI is InChI=1S/C16H11NO6S2/c1-22-15(18)13-14(16(19)23-2)25-12(24-13)5-3-4-10-6-8-11(9-7-10)17(20)21/h5-9H,1-2H3. The number of allylic oxidation sites excluding steroid dienone is 1. The van der Waals surface area contributed by atoms with Gasteiger partial charge in [-0.2, -0.15) is 0 Å². The van der Waals surface area contributed by atoms with Gasteiger partial charge in [-0.05, 0) is 12.1 Å². The molecule has 2 rings (SSSR count). The second-order valence-corrected chi connectivity index (χ2v) is 6.75. The van der Waals surface area contributed by atoms with Crippen molar-refractivity contribution in [2.75, 3.05) is 14.2 Å². The van der Waals surface area contributed by atoms with Crippen molar-refractivity contribution in [3.63, 3.8) is 0 Å². The number of carbonyl (C=O) groups excluding carboxylic acids is 2. The zero-order valence-electron chi connectivity index (χ0n) is 13.1. The summed E-state index contributed by atoms with van der Waals surface area (Å²) in [6.45, 7) is 0. The summed E-state index contributed by atoms with van der Waals surface area (Å²) in [4.78, 5) is 33.9. The molecule has 128 valence electrons. The minimum Gasteiger partial charge on any atom is -0.465 e. The fourth-order valence-corrected chi connectivity index (χ4v) is 3.91. The molecule has 9 heteroatoms. The largest absolute Gasteiger partial charge is 0.465 e. The van der Waals surface area contributed by atoms with E-state index in [9.17, 15) is 19.7 Å². The highest BCUT2D eigenvalue weighted by Gasteiger charge is 2.31. The number of thioether (sulfide) groups is 2. The summed E-state index contributed by atoms with van der Waals surface area (Å²) in [5, 5.41) is 10.6. The number of esters is 2. The number of nitro groups is 1. The van der Waals surface area contributed by atoms with Crippen molar-refractivity contribution < 1.29 is 24.0 Å². The van der Waals surface area contributed by atoms with Crippen LogP contribution < -0.4 is 0 Å². The molecule has 0 saturated heterocycles. The van der Waals surface area contributed by atoms with E-state index in [1.807, 2.05) is 0 Å². The molecule has 1 aliphatic heterocycles. The lowest BCUT2D eigenvalue weighted by molar-refractivity contribution is -0.384. The van der Waals surface area contributed by atoms with Crippen LogP contribution in [0, 0.1) is 22.0 Å². The number of hydrogen-bond donors (Lipinski definition) is 0. The highest BCUT2D eigenvalue weighted by molar-refractivity contribution is 8.29. The van der Waals surface area contributed by atoms with Crippen LogP contribution in [-0.2, 0) is 19.1 Å². The van der Waals surface area contributed by atoms with Gasteiger partial charge >= 0.3 is 11.9 Å². The molecule has 0 bridgehead atoms. The third kappa shape index (κ3) is 4.65. The monoisotopic (exact) mass is 377 g/mol. The number of benzene rings is 1. The van der Waals surface area contributed by atoms with Gasteiger partial charge in [0.2, 0.25) is 0 Å². The maximum atomic E-state index is 11.7. The van der Waals surface area contributed by atoms with Gasteiger partial charge in [-0.3, -0.25) is 10.1 Å². The van der Waals surface area contributed by atoms with Crippen molar-refractivity contribution in [3.8, 4) is 11.8 Å². The first kappa shape index (κ1) is 18.6. The Morgan fingerprint density at radius 1 is 1.08 bits per heavy atom. The summed E-state index contributed by atoms with van der Waals surface area (Å²) in [6.07, 6.45) is 1.55. The Balaban J connectivity index is 2.15. The third-order valence-electron chi connectivity index (χ3n) is 2.84. The Labute approximate surface area is 151 Å². The van der Waals surface area contributed by atoms with E-state index in [0.29, 0.717) is 9.80 Å². The summed E-state index contributed by atoms with van der Waals surface area (Å²) >= 11 is 2.15. The topological polar surface area (TPSA) is 95.7 Å². The summed E-state index contributed by atoms with van der Waals surface area (Å²) in [6, 6.07) is 5.80. The van der Waals surface area contributed by atoms with Gasteiger partial charge in [0.05, 0.1) is 23.4 Å². The summed E-state index contributed by atoms with van der Waals surface area (Å²) in [5.74, 6) is 4.38. The van der Waals surface area contributed by atoms with Gasteiger partial charge in [0, 0.05) is 23.8 Å². The van der Waals surface area contributed by atoms with Crippen LogP contribution in [0.2, 0.25) is 0 Å². The number of hydrogen-bond acceptors (Lipinski definition) is 8. The van der Waals surface area contributed by atoms with Crippen LogP contribution in [-0.4, -0.2) is 31.1 Å². The molecule has 0 aromatic heterocycles. The average molecular weight is 377 g/mol. The van der Waals surface area contributed by atoms with Crippen LogP contribution in [0.5, 0.6) is 0 Å². The van der Waals surface area contributed by atoms with Crippen molar-refractivity contribution >= 4 is 41.1 Å². The molecule has 1 aromatic carbocycles. The Kier molecular flexibility index (Phi) is 6.27. The highest BCUT2D eigenvalue weighted by atomic mass is 32.2. The molecule has 0 saturated carbocycles. The Morgan fingerprint density at radius 2 is 1.60 bits per heavy atom. The summed E-state index contributed by atoms with van der Waals surface area (Å²) in [5.41, 5.74) is 0.588. The molecular weight excluding hydrogens is 366 g/mol. The van der Waals surface area contributed by atoms with Crippen molar-refractivity contribution in [1.29, 1.82) is 0 Å². The molecule has 25 heavy (non-hydrogen) atoms. The molecule has 0 N–H and O–H groups in total. The van der Waals surface area contributed by atoms with Gasteiger partial charge in [0.25, 0.3) is 5.69 Å². The lowest BCUT2D eigenvalue weighted by Crippen LogP contribution is -2.08. The number of ether oxygens (including phenoxy) is 2. The number of methoxy groups -OCH3 is 2. The third-order valence-corrected chi connectivity index (χ3v) is 5.25. The van der Waals surface area contributed by atoms with Crippen LogP contribution in [0.3, 0.4) is 0 Å². The van der Waals surface area contributed by atoms with E-state index in [2.05, 4.69) is 21.3 Å². The molecule has 1 aliphatic rings.